The van der Waals surface area contributed by atoms with Crippen LogP contribution in [0.25, 0.3) is 0 Å². The second kappa shape index (κ2) is 9.40. The van der Waals surface area contributed by atoms with Crippen molar-refractivity contribution in [2.24, 2.45) is 0 Å². The van der Waals surface area contributed by atoms with Gasteiger partial charge in [-0.15, -0.1) is 0 Å². The topological polar surface area (TPSA) is 36.1 Å². The normalized spacial score (nSPS) is 9.82. The van der Waals surface area contributed by atoms with Crippen molar-refractivity contribution in [1.29, 1.82) is 0 Å². The number of rotatable bonds is 5. The van der Waals surface area contributed by atoms with Crippen LogP contribution < -0.4 is 16.0 Å². The summed E-state index contributed by atoms with van der Waals surface area (Å²) in [6.07, 6.45) is 0. The van der Waals surface area contributed by atoms with Gasteiger partial charge in [-0.1, -0.05) is 60.4 Å². The Hall–Kier alpha value is -1.63. The zero-order chi connectivity index (χ0) is 15.6. The minimum Gasteiger partial charge on any atom is -0.362 e. The Kier molecular flexibility index (Phi) is 7.15. The highest BCUT2D eigenvalue weighted by Gasteiger charge is 2.00. The molecule has 0 heterocycles. The van der Waals surface area contributed by atoms with E-state index in [-0.39, 0.29) is 0 Å². The van der Waals surface area contributed by atoms with Gasteiger partial charge in [0.05, 0.1) is 0 Å². The Morgan fingerprint density at radius 2 is 1.36 bits per heavy atom. The summed E-state index contributed by atoms with van der Waals surface area (Å²) in [5.41, 5.74) is 1.99. The average molecular weight is 348 g/mol. The lowest BCUT2D eigenvalue weighted by Gasteiger charge is -2.11. The average Bonchev–Trinajstić information content (AvgIpc) is 2.53. The lowest BCUT2D eigenvalue weighted by atomic mass is 10.3. The van der Waals surface area contributed by atoms with Gasteiger partial charge in [-0.3, -0.25) is 0 Å². The first-order chi connectivity index (χ1) is 10.7. The fraction of sp³-hybridized carbons (Fsp3) is 0.125. The van der Waals surface area contributed by atoms with Gasteiger partial charge >= 0.3 is 0 Å². The van der Waals surface area contributed by atoms with Gasteiger partial charge in [0.1, 0.15) is 4.32 Å². The van der Waals surface area contributed by atoms with Crippen molar-refractivity contribution in [3.8, 4) is 0 Å². The Morgan fingerprint density at radius 3 is 1.95 bits per heavy atom. The second-order valence-electron chi connectivity index (χ2n) is 4.37. The van der Waals surface area contributed by atoms with Crippen LogP contribution in [-0.2, 0) is 0 Å². The molecule has 2 aromatic carbocycles. The molecule has 0 spiro atoms. The number of anilines is 2. The summed E-state index contributed by atoms with van der Waals surface area (Å²) in [7, 11) is 0. The van der Waals surface area contributed by atoms with Gasteiger partial charge in [-0.2, -0.15) is 0 Å². The van der Waals surface area contributed by atoms with Crippen molar-refractivity contribution in [3.63, 3.8) is 0 Å². The molecular formula is C16H17N3S3. The van der Waals surface area contributed by atoms with Crippen molar-refractivity contribution in [3.05, 3.63) is 60.7 Å². The minimum absolute atomic E-state index is 0.619. The van der Waals surface area contributed by atoms with E-state index in [1.807, 2.05) is 60.7 Å². The molecule has 0 aliphatic carbocycles. The molecule has 0 saturated carbocycles. The number of nitrogens with one attached hydrogen (secondary N) is 3. The highest BCUT2D eigenvalue weighted by Crippen LogP contribution is 2.10. The molecule has 0 aliphatic rings. The maximum absolute atomic E-state index is 5.30. The van der Waals surface area contributed by atoms with Gasteiger partial charge in [-0.05, 0) is 36.5 Å². The molecule has 114 valence electrons. The summed E-state index contributed by atoms with van der Waals surface area (Å²) in [6.45, 7) is 0.750. The molecule has 0 radical (unpaired) electrons. The fourth-order valence-corrected chi connectivity index (χ4v) is 2.85. The molecule has 0 bridgehead atoms. The molecule has 0 aliphatic heterocycles. The number of thioether (sulfide) groups is 1. The molecule has 2 aromatic rings. The third kappa shape index (κ3) is 6.43. The molecule has 0 saturated heterocycles. The number of para-hydroxylation sites is 2. The van der Waals surface area contributed by atoms with Crippen LogP contribution >= 0.6 is 36.2 Å². The third-order valence-corrected chi connectivity index (χ3v) is 4.15. The number of hydrogen-bond acceptors (Lipinski definition) is 3. The van der Waals surface area contributed by atoms with E-state index in [0.717, 1.165) is 28.0 Å². The highest BCUT2D eigenvalue weighted by atomic mass is 32.2. The summed E-state index contributed by atoms with van der Waals surface area (Å²) in [4.78, 5) is 0. The van der Waals surface area contributed by atoms with E-state index in [4.69, 9.17) is 24.4 Å². The zero-order valence-corrected chi connectivity index (χ0v) is 14.4. The summed E-state index contributed by atoms with van der Waals surface area (Å²) in [6, 6.07) is 19.8. The maximum Gasteiger partial charge on any atom is 0.170 e. The number of benzene rings is 2. The molecule has 0 unspecified atom stereocenters. The van der Waals surface area contributed by atoms with Crippen LogP contribution in [0.15, 0.2) is 60.7 Å². The third-order valence-electron chi connectivity index (χ3n) is 2.67. The zero-order valence-electron chi connectivity index (χ0n) is 11.9. The first kappa shape index (κ1) is 16.7. The molecule has 3 N–H and O–H groups in total. The van der Waals surface area contributed by atoms with Crippen LogP contribution in [0, 0.1) is 0 Å². The quantitative estimate of drug-likeness (QED) is 0.558. The van der Waals surface area contributed by atoms with Crippen LogP contribution in [0.3, 0.4) is 0 Å². The van der Waals surface area contributed by atoms with Crippen LogP contribution in [0.2, 0.25) is 0 Å². The molecule has 22 heavy (non-hydrogen) atoms. The molecule has 0 amide bonds. The summed E-state index contributed by atoms with van der Waals surface area (Å²) >= 11 is 12.1. The van der Waals surface area contributed by atoms with Crippen LogP contribution in [-0.4, -0.2) is 21.7 Å². The number of thiocarbonyl (C=S) groups is 2. The van der Waals surface area contributed by atoms with E-state index in [2.05, 4.69) is 16.0 Å². The summed E-state index contributed by atoms with van der Waals surface area (Å²) in [5.74, 6) is 0.843. The largest absolute Gasteiger partial charge is 0.362 e. The maximum atomic E-state index is 5.30. The molecule has 3 nitrogen and oxygen atoms in total. The summed E-state index contributed by atoms with van der Waals surface area (Å²) < 4.78 is 0.759. The predicted molar refractivity (Wildman–Crippen MR) is 106 cm³/mol. The summed E-state index contributed by atoms with van der Waals surface area (Å²) in [5, 5.41) is 10.1. The minimum atomic E-state index is 0.619. The van der Waals surface area contributed by atoms with Gasteiger partial charge < -0.3 is 16.0 Å². The Labute approximate surface area is 145 Å². The molecule has 6 heteroatoms. The van der Waals surface area contributed by atoms with E-state index in [0.29, 0.717) is 5.11 Å². The van der Waals surface area contributed by atoms with E-state index >= 15 is 0 Å². The fourth-order valence-electron chi connectivity index (χ4n) is 1.68. The van der Waals surface area contributed by atoms with Gasteiger partial charge in [0.2, 0.25) is 0 Å². The Bertz CT molecular complexity index is 547. The van der Waals surface area contributed by atoms with E-state index in [9.17, 15) is 0 Å². The molecule has 2 rings (SSSR count). The predicted octanol–water partition coefficient (Wildman–Crippen LogP) is 4.10. The van der Waals surface area contributed by atoms with E-state index in [1.54, 1.807) is 11.8 Å². The lowest BCUT2D eigenvalue weighted by Crippen LogP contribution is -2.30. The lowest BCUT2D eigenvalue weighted by molar-refractivity contribution is 0.992. The van der Waals surface area contributed by atoms with Gasteiger partial charge in [0.25, 0.3) is 0 Å². The van der Waals surface area contributed by atoms with E-state index < -0.39 is 0 Å². The van der Waals surface area contributed by atoms with Crippen LogP contribution in [0.4, 0.5) is 11.4 Å². The second-order valence-corrected chi connectivity index (χ2v) is 6.55. The first-order valence-corrected chi connectivity index (χ1v) is 8.63. The van der Waals surface area contributed by atoms with Crippen molar-refractivity contribution >= 4 is 57.0 Å². The van der Waals surface area contributed by atoms with Gasteiger partial charge in [0, 0.05) is 23.7 Å². The molecule has 0 aromatic heterocycles. The molecule has 0 fully saturated rings. The van der Waals surface area contributed by atoms with Gasteiger partial charge in [0.15, 0.2) is 5.11 Å². The van der Waals surface area contributed by atoms with E-state index in [1.165, 1.54) is 0 Å². The monoisotopic (exact) mass is 347 g/mol. The van der Waals surface area contributed by atoms with Crippen molar-refractivity contribution in [2.75, 3.05) is 22.9 Å². The smallest absolute Gasteiger partial charge is 0.170 e. The number of hydrogen-bond donors (Lipinski definition) is 3. The van der Waals surface area contributed by atoms with Gasteiger partial charge in [-0.25, -0.2) is 0 Å². The highest BCUT2D eigenvalue weighted by molar-refractivity contribution is 8.23. The molecule has 0 atom stereocenters. The Morgan fingerprint density at radius 1 is 0.818 bits per heavy atom. The Balaban J connectivity index is 1.60. The van der Waals surface area contributed by atoms with Crippen molar-refractivity contribution in [2.45, 2.75) is 0 Å². The van der Waals surface area contributed by atoms with Crippen LogP contribution in [0.1, 0.15) is 0 Å². The first-order valence-electron chi connectivity index (χ1n) is 6.83. The van der Waals surface area contributed by atoms with Crippen LogP contribution in [0.5, 0.6) is 0 Å². The SMILES string of the molecule is S=C(NCCSC(=S)Nc1ccccc1)Nc1ccccc1. The molecular weight excluding hydrogens is 330 g/mol. The van der Waals surface area contributed by atoms with Crippen molar-refractivity contribution in [1.82, 2.24) is 5.32 Å². The standard InChI is InChI=1S/C16H17N3S3/c20-15(18-13-7-3-1-4-8-13)17-11-12-22-16(21)19-14-9-5-2-6-10-14/h1-10H,11-12H2,(H,19,21)(H2,17,18,20). The van der Waals surface area contributed by atoms with Crippen molar-refractivity contribution < 1.29 is 0 Å².